The number of benzene rings is 1. The summed E-state index contributed by atoms with van der Waals surface area (Å²) in [5, 5.41) is 14.7. The van der Waals surface area contributed by atoms with Crippen molar-refractivity contribution in [1.29, 1.82) is 0 Å². The normalized spacial score (nSPS) is 27.0. The van der Waals surface area contributed by atoms with Crippen LogP contribution in [0.25, 0.3) is 0 Å². The quantitative estimate of drug-likeness (QED) is 0.657. The molecule has 1 aromatic carbocycles. The van der Waals surface area contributed by atoms with Crippen molar-refractivity contribution in [2.24, 2.45) is 11.8 Å². The third-order valence-electron chi connectivity index (χ3n) is 3.96. The van der Waals surface area contributed by atoms with Crippen molar-refractivity contribution in [2.75, 3.05) is 5.32 Å². The molecule has 0 aliphatic heterocycles. The van der Waals surface area contributed by atoms with E-state index in [1.54, 1.807) is 6.07 Å². The maximum atomic E-state index is 10.8. The van der Waals surface area contributed by atoms with E-state index in [9.17, 15) is 10.1 Å². The highest BCUT2D eigenvalue weighted by atomic mass is 35.5. The summed E-state index contributed by atoms with van der Waals surface area (Å²) in [6.45, 7) is 4.46. The van der Waals surface area contributed by atoms with Crippen LogP contribution in [0.15, 0.2) is 18.2 Å². The molecule has 4 nitrogen and oxygen atoms in total. The Morgan fingerprint density at radius 3 is 2.79 bits per heavy atom. The Morgan fingerprint density at radius 1 is 1.37 bits per heavy atom. The van der Waals surface area contributed by atoms with Crippen LogP contribution in [0.5, 0.6) is 0 Å². The number of halogens is 1. The average Bonchev–Trinajstić information content (AvgIpc) is 2.36. The first-order valence-corrected chi connectivity index (χ1v) is 7.05. The van der Waals surface area contributed by atoms with Gasteiger partial charge in [-0.2, -0.15) is 0 Å². The average molecular weight is 283 g/mol. The summed E-state index contributed by atoms with van der Waals surface area (Å²) in [5.41, 5.74) is 0.741. The Morgan fingerprint density at radius 2 is 2.11 bits per heavy atom. The zero-order valence-corrected chi connectivity index (χ0v) is 12.0. The number of nitro benzene ring substituents is 1. The Balaban J connectivity index is 2.17. The number of rotatable bonds is 3. The molecular weight excluding hydrogens is 264 g/mol. The van der Waals surface area contributed by atoms with Gasteiger partial charge in [0.25, 0.3) is 5.69 Å². The van der Waals surface area contributed by atoms with E-state index in [0.717, 1.165) is 6.42 Å². The van der Waals surface area contributed by atoms with Crippen LogP contribution in [0, 0.1) is 22.0 Å². The molecule has 0 radical (unpaired) electrons. The maximum Gasteiger partial charge on any atom is 0.271 e. The van der Waals surface area contributed by atoms with E-state index in [1.807, 2.05) is 0 Å². The zero-order chi connectivity index (χ0) is 14.0. The van der Waals surface area contributed by atoms with Crippen molar-refractivity contribution in [3.8, 4) is 0 Å². The summed E-state index contributed by atoms with van der Waals surface area (Å²) >= 11 is 6.12. The number of nitro groups is 1. The monoisotopic (exact) mass is 282 g/mol. The van der Waals surface area contributed by atoms with Crippen LogP contribution in [0.3, 0.4) is 0 Å². The van der Waals surface area contributed by atoms with Crippen LogP contribution in [-0.2, 0) is 0 Å². The molecule has 1 N–H and O–H groups in total. The topological polar surface area (TPSA) is 55.2 Å². The lowest BCUT2D eigenvalue weighted by Crippen LogP contribution is -2.33. The maximum absolute atomic E-state index is 10.8. The summed E-state index contributed by atoms with van der Waals surface area (Å²) in [4.78, 5) is 10.4. The number of nitrogens with one attached hydrogen (secondary N) is 1. The van der Waals surface area contributed by atoms with Gasteiger partial charge >= 0.3 is 0 Å². The minimum absolute atomic E-state index is 0.0726. The number of hydrogen-bond donors (Lipinski definition) is 1. The summed E-state index contributed by atoms with van der Waals surface area (Å²) in [5.74, 6) is 1.25. The Labute approximate surface area is 118 Å². The smallest absolute Gasteiger partial charge is 0.271 e. The van der Waals surface area contributed by atoms with Crippen molar-refractivity contribution >= 4 is 23.0 Å². The highest BCUT2D eigenvalue weighted by molar-refractivity contribution is 6.33. The van der Waals surface area contributed by atoms with Crippen LogP contribution in [0.4, 0.5) is 11.4 Å². The van der Waals surface area contributed by atoms with E-state index in [-0.39, 0.29) is 5.69 Å². The number of nitrogens with zero attached hydrogens (tertiary/aromatic N) is 1. The molecule has 1 fully saturated rings. The molecule has 0 bridgehead atoms. The molecule has 2 rings (SSSR count). The van der Waals surface area contributed by atoms with E-state index in [4.69, 9.17) is 11.6 Å². The van der Waals surface area contributed by atoms with E-state index < -0.39 is 4.92 Å². The van der Waals surface area contributed by atoms with E-state index in [1.165, 1.54) is 25.0 Å². The molecule has 1 aliphatic carbocycles. The predicted molar refractivity (Wildman–Crippen MR) is 77.7 cm³/mol. The highest BCUT2D eigenvalue weighted by Crippen LogP contribution is 2.33. The van der Waals surface area contributed by atoms with Gasteiger partial charge in [-0.25, -0.2) is 0 Å². The molecule has 0 saturated heterocycles. The summed E-state index contributed by atoms with van der Waals surface area (Å²) < 4.78 is 0. The molecule has 104 valence electrons. The lowest BCUT2D eigenvalue weighted by Gasteiger charge is -2.34. The number of hydrogen-bond acceptors (Lipinski definition) is 3. The van der Waals surface area contributed by atoms with Gasteiger partial charge in [-0.1, -0.05) is 31.9 Å². The predicted octanol–water partition coefficient (Wildman–Crippen LogP) is 4.48. The summed E-state index contributed by atoms with van der Waals surface area (Å²) in [6, 6.07) is 4.87. The van der Waals surface area contributed by atoms with Crippen LogP contribution in [0.1, 0.15) is 33.1 Å². The number of non-ortho nitro benzene ring substituents is 1. The molecule has 0 aromatic heterocycles. The second kappa shape index (κ2) is 5.78. The first-order chi connectivity index (χ1) is 8.97. The van der Waals surface area contributed by atoms with Gasteiger partial charge in [-0.05, 0) is 30.7 Å². The Hall–Kier alpha value is -1.29. The van der Waals surface area contributed by atoms with Crippen LogP contribution in [-0.4, -0.2) is 11.0 Å². The van der Waals surface area contributed by atoms with Crippen molar-refractivity contribution in [1.82, 2.24) is 0 Å². The van der Waals surface area contributed by atoms with E-state index >= 15 is 0 Å². The first-order valence-electron chi connectivity index (χ1n) is 6.68. The zero-order valence-electron chi connectivity index (χ0n) is 11.2. The third kappa shape index (κ3) is 3.38. The van der Waals surface area contributed by atoms with Crippen molar-refractivity contribution < 1.29 is 4.92 Å². The van der Waals surface area contributed by atoms with Gasteiger partial charge in [0.05, 0.1) is 15.6 Å². The highest BCUT2D eigenvalue weighted by Gasteiger charge is 2.26. The van der Waals surface area contributed by atoms with Crippen LogP contribution in [0.2, 0.25) is 5.02 Å². The second-order valence-corrected chi connectivity index (χ2v) is 5.97. The minimum Gasteiger partial charge on any atom is -0.381 e. The van der Waals surface area contributed by atoms with Crippen LogP contribution < -0.4 is 5.32 Å². The molecular formula is C14H19ClN2O2. The molecule has 5 heteroatoms. The van der Waals surface area contributed by atoms with Gasteiger partial charge in [-0.15, -0.1) is 0 Å². The van der Waals surface area contributed by atoms with Crippen molar-refractivity contribution in [3.05, 3.63) is 33.3 Å². The molecule has 3 unspecified atom stereocenters. The van der Waals surface area contributed by atoms with E-state index in [2.05, 4.69) is 19.2 Å². The molecule has 0 heterocycles. The first kappa shape index (κ1) is 14.1. The summed E-state index contributed by atoms with van der Waals surface area (Å²) in [6.07, 6.45) is 3.52. The Kier molecular flexibility index (Phi) is 4.30. The molecule has 0 spiro atoms. The molecule has 1 aliphatic rings. The van der Waals surface area contributed by atoms with Gasteiger partial charge in [0.1, 0.15) is 0 Å². The summed E-state index contributed by atoms with van der Waals surface area (Å²) in [7, 11) is 0. The second-order valence-electron chi connectivity index (χ2n) is 5.57. The van der Waals surface area contributed by atoms with E-state index in [0.29, 0.717) is 28.6 Å². The lowest BCUT2D eigenvalue weighted by atomic mass is 9.80. The van der Waals surface area contributed by atoms with Gasteiger partial charge in [0.15, 0.2) is 0 Å². The molecule has 1 saturated carbocycles. The lowest BCUT2D eigenvalue weighted by molar-refractivity contribution is -0.384. The number of anilines is 1. The van der Waals surface area contributed by atoms with Crippen molar-refractivity contribution in [3.63, 3.8) is 0 Å². The van der Waals surface area contributed by atoms with Crippen LogP contribution >= 0.6 is 11.6 Å². The van der Waals surface area contributed by atoms with Gasteiger partial charge in [-0.3, -0.25) is 10.1 Å². The fourth-order valence-corrected chi connectivity index (χ4v) is 2.84. The van der Waals surface area contributed by atoms with Gasteiger partial charge in [0, 0.05) is 18.2 Å². The fourth-order valence-electron chi connectivity index (χ4n) is 2.67. The minimum atomic E-state index is -0.394. The molecule has 1 aromatic rings. The Bertz CT molecular complexity index is 479. The van der Waals surface area contributed by atoms with Gasteiger partial charge in [0.2, 0.25) is 0 Å². The molecule has 19 heavy (non-hydrogen) atoms. The molecule has 0 amide bonds. The largest absolute Gasteiger partial charge is 0.381 e. The third-order valence-corrected chi connectivity index (χ3v) is 4.29. The SMILES string of the molecule is CC1CCC(C)C(Nc2cc([N+](=O)[O-])ccc2Cl)C1. The van der Waals surface area contributed by atoms with Gasteiger partial charge < -0.3 is 5.32 Å². The molecule has 3 atom stereocenters. The van der Waals surface area contributed by atoms with Crippen molar-refractivity contribution in [2.45, 2.75) is 39.2 Å². The fraction of sp³-hybridized carbons (Fsp3) is 0.571. The standard InChI is InChI=1S/C14H19ClN2O2/c1-9-3-4-10(2)13(7-9)16-14-8-11(17(18)19)5-6-12(14)15/h5-6,8-10,13,16H,3-4,7H2,1-2H3.